The number of thioether (sulfide) groups is 1. The maximum Gasteiger partial charge on any atom is 0.225 e. The molecule has 0 saturated heterocycles. The fourth-order valence-corrected chi connectivity index (χ4v) is 2.54. The number of hydrogen-bond acceptors (Lipinski definition) is 3. The molecule has 0 fully saturated rings. The molecule has 0 spiro atoms. The molecule has 0 aromatic heterocycles. The fourth-order valence-electron chi connectivity index (χ4n) is 1.64. The van der Waals surface area contributed by atoms with E-state index < -0.39 is 0 Å². The van der Waals surface area contributed by atoms with Gasteiger partial charge in [0.05, 0.1) is 11.4 Å². The van der Waals surface area contributed by atoms with Crippen LogP contribution in [0.15, 0.2) is 53.4 Å². The maximum atomic E-state index is 13.0. The van der Waals surface area contributed by atoms with Crippen molar-refractivity contribution in [3.05, 3.63) is 54.3 Å². The Morgan fingerprint density at radius 2 is 2.00 bits per heavy atom. The number of para-hydroxylation sites is 2. The van der Waals surface area contributed by atoms with Gasteiger partial charge in [-0.15, -0.1) is 11.8 Å². The van der Waals surface area contributed by atoms with Crippen LogP contribution in [0.3, 0.4) is 0 Å². The number of halogens is 1. The number of carbonyl (C=O) groups excluding carboxylic acids is 1. The molecule has 0 unspecified atom stereocenters. The Kier molecular flexibility index (Phi) is 5.01. The van der Waals surface area contributed by atoms with Crippen molar-refractivity contribution in [1.29, 1.82) is 0 Å². The Labute approximate surface area is 121 Å². The molecular weight excluding hydrogens is 275 g/mol. The summed E-state index contributed by atoms with van der Waals surface area (Å²) < 4.78 is 13.0. The van der Waals surface area contributed by atoms with Crippen LogP contribution in [0.1, 0.15) is 6.42 Å². The van der Waals surface area contributed by atoms with Crippen LogP contribution in [-0.4, -0.2) is 11.7 Å². The molecule has 0 saturated carbocycles. The second-order valence-electron chi connectivity index (χ2n) is 4.19. The number of anilines is 2. The first-order valence-corrected chi connectivity index (χ1v) is 7.16. The summed E-state index contributed by atoms with van der Waals surface area (Å²) in [6.07, 6.45) is 0.343. The topological polar surface area (TPSA) is 55.1 Å². The minimum absolute atomic E-state index is 0.105. The van der Waals surface area contributed by atoms with E-state index in [1.54, 1.807) is 18.2 Å². The van der Waals surface area contributed by atoms with Crippen LogP contribution in [0.2, 0.25) is 0 Å². The van der Waals surface area contributed by atoms with E-state index in [0.29, 0.717) is 23.5 Å². The Bertz CT molecular complexity index is 604. The summed E-state index contributed by atoms with van der Waals surface area (Å²) >= 11 is 1.45. The number of benzene rings is 2. The van der Waals surface area contributed by atoms with Gasteiger partial charge in [-0.1, -0.05) is 18.2 Å². The molecule has 0 aliphatic heterocycles. The summed E-state index contributed by atoms with van der Waals surface area (Å²) in [5.74, 6) is 0.213. The van der Waals surface area contributed by atoms with Gasteiger partial charge in [0.15, 0.2) is 0 Å². The monoisotopic (exact) mass is 290 g/mol. The molecule has 5 heteroatoms. The van der Waals surface area contributed by atoms with Crippen molar-refractivity contribution < 1.29 is 9.18 Å². The average Bonchev–Trinajstić information content (AvgIpc) is 2.41. The van der Waals surface area contributed by atoms with Gasteiger partial charge in [-0.05, 0) is 30.3 Å². The van der Waals surface area contributed by atoms with Gasteiger partial charge in [0.25, 0.3) is 0 Å². The van der Waals surface area contributed by atoms with Crippen molar-refractivity contribution in [3.8, 4) is 0 Å². The molecule has 0 bridgehead atoms. The highest BCUT2D eigenvalue weighted by Gasteiger charge is 2.05. The largest absolute Gasteiger partial charge is 0.397 e. The lowest BCUT2D eigenvalue weighted by Gasteiger charge is -2.07. The molecule has 0 atom stereocenters. The summed E-state index contributed by atoms with van der Waals surface area (Å²) in [5.41, 5.74) is 6.90. The van der Waals surface area contributed by atoms with Crippen LogP contribution in [0.5, 0.6) is 0 Å². The summed E-state index contributed by atoms with van der Waals surface area (Å²) in [6.45, 7) is 0. The lowest BCUT2D eigenvalue weighted by atomic mass is 10.2. The number of rotatable bonds is 5. The van der Waals surface area contributed by atoms with E-state index >= 15 is 0 Å². The molecule has 0 aliphatic rings. The minimum Gasteiger partial charge on any atom is -0.397 e. The first-order chi connectivity index (χ1) is 9.65. The Hall–Kier alpha value is -2.01. The molecule has 0 aliphatic carbocycles. The quantitative estimate of drug-likeness (QED) is 0.654. The smallest absolute Gasteiger partial charge is 0.225 e. The van der Waals surface area contributed by atoms with Gasteiger partial charge in [-0.25, -0.2) is 4.39 Å². The van der Waals surface area contributed by atoms with Crippen LogP contribution < -0.4 is 11.1 Å². The van der Waals surface area contributed by atoms with E-state index in [9.17, 15) is 9.18 Å². The van der Waals surface area contributed by atoms with E-state index in [2.05, 4.69) is 5.32 Å². The van der Waals surface area contributed by atoms with E-state index in [4.69, 9.17) is 5.73 Å². The van der Waals surface area contributed by atoms with Crippen LogP contribution in [0.4, 0.5) is 15.8 Å². The van der Waals surface area contributed by atoms with E-state index in [1.807, 2.05) is 18.2 Å². The van der Waals surface area contributed by atoms with Gasteiger partial charge in [0.2, 0.25) is 5.91 Å². The molecular formula is C15H15FN2OS. The van der Waals surface area contributed by atoms with Gasteiger partial charge in [0.1, 0.15) is 5.82 Å². The SMILES string of the molecule is Nc1ccccc1NC(=O)CCSc1cccc(F)c1. The first kappa shape index (κ1) is 14.4. The molecule has 20 heavy (non-hydrogen) atoms. The number of hydrogen-bond donors (Lipinski definition) is 2. The van der Waals surface area contributed by atoms with Crippen LogP contribution in [-0.2, 0) is 4.79 Å². The zero-order valence-electron chi connectivity index (χ0n) is 10.8. The van der Waals surface area contributed by atoms with Crippen molar-refractivity contribution in [2.75, 3.05) is 16.8 Å². The van der Waals surface area contributed by atoms with Crippen molar-refractivity contribution >= 4 is 29.0 Å². The molecule has 3 N–H and O–H groups in total. The molecule has 1 amide bonds. The highest BCUT2D eigenvalue weighted by atomic mass is 32.2. The molecule has 3 nitrogen and oxygen atoms in total. The van der Waals surface area contributed by atoms with Gasteiger partial charge < -0.3 is 11.1 Å². The molecule has 2 rings (SSSR count). The zero-order valence-corrected chi connectivity index (χ0v) is 11.6. The van der Waals surface area contributed by atoms with Gasteiger partial charge in [-0.2, -0.15) is 0 Å². The minimum atomic E-state index is -0.267. The zero-order chi connectivity index (χ0) is 14.4. The summed E-state index contributed by atoms with van der Waals surface area (Å²) in [5, 5.41) is 2.76. The molecule has 104 valence electrons. The number of nitrogens with two attached hydrogens (primary N) is 1. The van der Waals surface area contributed by atoms with Gasteiger partial charge >= 0.3 is 0 Å². The van der Waals surface area contributed by atoms with Gasteiger partial charge in [0, 0.05) is 17.1 Å². The molecule has 2 aromatic rings. The van der Waals surface area contributed by atoms with Crippen LogP contribution in [0, 0.1) is 5.82 Å². The van der Waals surface area contributed by atoms with E-state index in [0.717, 1.165) is 4.90 Å². The van der Waals surface area contributed by atoms with Crippen molar-refractivity contribution in [2.24, 2.45) is 0 Å². The Morgan fingerprint density at radius 3 is 2.75 bits per heavy atom. The highest BCUT2D eigenvalue weighted by Crippen LogP contribution is 2.20. The molecule has 0 radical (unpaired) electrons. The number of carbonyl (C=O) groups is 1. The number of nitrogen functional groups attached to an aromatic ring is 1. The average molecular weight is 290 g/mol. The normalized spacial score (nSPS) is 10.2. The predicted octanol–water partition coefficient (Wildman–Crippen LogP) is 3.53. The first-order valence-electron chi connectivity index (χ1n) is 6.18. The fraction of sp³-hybridized carbons (Fsp3) is 0.133. The van der Waals surface area contributed by atoms with Crippen molar-refractivity contribution in [3.63, 3.8) is 0 Å². The lowest BCUT2D eigenvalue weighted by Crippen LogP contribution is -2.13. The summed E-state index contributed by atoms with van der Waals surface area (Å²) in [6, 6.07) is 13.4. The van der Waals surface area contributed by atoms with E-state index in [1.165, 1.54) is 23.9 Å². The summed E-state index contributed by atoms with van der Waals surface area (Å²) in [4.78, 5) is 12.6. The molecule has 0 heterocycles. The third-order valence-electron chi connectivity index (χ3n) is 2.63. The van der Waals surface area contributed by atoms with Crippen molar-refractivity contribution in [1.82, 2.24) is 0 Å². The van der Waals surface area contributed by atoms with Gasteiger partial charge in [-0.3, -0.25) is 4.79 Å². The van der Waals surface area contributed by atoms with E-state index in [-0.39, 0.29) is 11.7 Å². The second kappa shape index (κ2) is 6.96. The summed E-state index contributed by atoms with van der Waals surface area (Å²) in [7, 11) is 0. The van der Waals surface area contributed by atoms with Crippen molar-refractivity contribution in [2.45, 2.75) is 11.3 Å². The number of amides is 1. The second-order valence-corrected chi connectivity index (χ2v) is 5.36. The number of nitrogens with one attached hydrogen (secondary N) is 1. The third-order valence-corrected chi connectivity index (χ3v) is 3.62. The lowest BCUT2D eigenvalue weighted by molar-refractivity contribution is -0.115. The molecule has 2 aromatic carbocycles. The maximum absolute atomic E-state index is 13.0. The Morgan fingerprint density at radius 1 is 1.20 bits per heavy atom. The third kappa shape index (κ3) is 4.28. The highest BCUT2D eigenvalue weighted by molar-refractivity contribution is 7.99. The Balaban J connectivity index is 1.80. The van der Waals surface area contributed by atoms with Crippen LogP contribution in [0.25, 0.3) is 0 Å². The van der Waals surface area contributed by atoms with Crippen LogP contribution >= 0.6 is 11.8 Å². The predicted molar refractivity (Wildman–Crippen MR) is 81.2 cm³/mol. The standard InChI is InChI=1S/C15H15FN2OS/c16-11-4-3-5-12(10-11)20-9-8-15(19)18-14-7-2-1-6-13(14)17/h1-7,10H,8-9,17H2,(H,18,19).